The Morgan fingerprint density at radius 2 is 0.789 bits per heavy atom. The van der Waals surface area contributed by atoms with E-state index in [-0.39, 0.29) is 48.7 Å². The third-order valence-electron chi connectivity index (χ3n) is 5.50. The van der Waals surface area contributed by atoms with Crippen molar-refractivity contribution in [1.29, 1.82) is 0 Å². The summed E-state index contributed by atoms with van der Waals surface area (Å²) in [6, 6.07) is 11.6. The number of unbranched alkanes of at least 4 members (excludes halogenated alkanes) is 6. The highest BCUT2D eigenvalue weighted by molar-refractivity contribution is 6.04. The van der Waals surface area contributed by atoms with Crippen molar-refractivity contribution in [2.75, 3.05) is 26.4 Å². The van der Waals surface area contributed by atoms with E-state index in [0.29, 0.717) is 25.7 Å². The Morgan fingerprint density at radius 3 is 1.13 bits per heavy atom. The van der Waals surface area contributed by atoms with Crippen LogP contribution >= 0.6 is 0 Å². The monoisotopic (exact) mass is 530 g/mol. The molecule has 10 heteroatoms. The summed E-state index contributed by atoms with van der Waals surface area (Å²) in [5, 5.41) is 17.6. The average molecular weight is 531 g/mol. The average Bonchev–Trinajstić information content (AvgIpc) is 2.95. The second-order valence-electron chi connectivity index (χ2n) is 8.38. The minimum atomic E-state index is -1.09. The summed E-state index contributed by atoms with van der Waals surface area (Å²) in [5.41, 5.74) is -0.405. The smallest absolute Gasteiger partial charge is 0.387 e. The van der Waals surface area contributed by atoms with E-state index in [0.717, 1.165) is 25.7 Å². The molecule has 2 rings (SSSR count). The fourth-order valence-corrected chi connectivity index (χ4v) is 3.46. The van der Waals surface area contributed by atoms with E-state index >= 15 is 0 Å². The number of aliphatic hydroxyl groups is 2. The van der Waals surface area contributed by atoms with Crippen molar-refractivity contribution in [1.82, 2.24) is 0 Å². The lowest BCUT2D eigenvalue weighted by atomic mass is 10.1. The van der Waals surface area contributed by atoms with Crippen LogP contribution in [-0.4, -0.2) is 60.5 Å². The second-order valence-corrected chi connectivity index (χ2v) is 8.38. The molecule has 2 aromatic rings. The van der Waals surface area contributed by atoms with Crippen LogP contribution in [0.2, 0.25) is 0 Å². The molecule has 0 fully saturated rings. The van der Waals surface area contributed by atoms with E-state index in [9.17, 15) is 19.2 Å². The summed E-state index contributed by atoms with van der Waals surface area (Å²) in [6.07, 6.45) is 5.78. The number of ether oxygens (including phenoxy) is 2. The molecule has 0 spiro atoms. The van der Waals surface area contributed by atoms with Crippen LogP contribution < -0.4 is 0 Å². The molecule has 38 heavy (non-hydrogen) atoms. The summed E-state index contributed by atoms with van der Waals surface area (Å²) < 4.78 is 10.4. The highest BCUT2D eigenvalue weighted by Crippen LogP contribution is 2.16. The van der Waals surface area contributed by atoms with Gasteiger partial charge >= 0.3 is 23.9 Å². The van der Waals surface area contributed by atoms with Crippen molar-refractivity contribution in [3.8, 4) is 0 Å². The molecule has 10 nitrogen and oxygen atoms in total. The first-order chi connectivity index (χ1) is 18.5. The van der Waals surface area contributed by atoms with E-state index in [1.54, 1.807) is 12.1 Å². The second kappa shape index (κ2) is 17.7. The fourth-order valence-electron chi connectivity index (χ4n) is 3.46. The van der Waals surface area contributed by atoms with Gasteiger partial charge in [0, 0.05) is 13.2 Å². The molecule has 0 aliphatic heterocycles. The van der Waals surface area contributed by atoms with Gasteiger partial charge < -0.3 is 19.7 Å². The van der Waals surface area contributed by atoms with Gasteiger partial charge in [-0.3, -0.25) is 0 Å². The van der Waals surface area contributed by atoms with E-state index in [1.165, 1.54) is 36.4 Å². The molecule has 2 aromatic carbocycles. The van der Waals surface area contributed by atoms with E-state index in [2.05, 4.69) is 9.78 Å². The zero-order valence-electron chi connectivity index (χ0n) is 21.3. The normalized spacial score (nSPS) is 10.5. The predicted octanol–water partition coefficient (Wildman–Crippen LogP) is 4.03. The summed E-state index contributed by atoms with van der Waals surface area (Å²) in [4.78, 5) is 59.5. The lowest BCUT2D eigenvalue weighted by Crippen LogP contribution is -2.18. The number of hydrogen-bond donors (Lipinski definition) is 2. The first-order valence-corrected chi connectivity index (χ1v) is 12.7. The van der Waals surface area contributed by atoms with Gasteiger partial charge in [0.05, 0.1) is 35.5 Å². The molecule has 0 heterocycles. The molecule has 0 radical (unpaired) electrons. The van der Waals surface area contributed by atoms with Crippen LogP contribution in [0.25, 0.3) is 0 Å². The number of esters is 2. The minimum Gasteiger partial charge on any atom is -0.462 e. The van der Waals surface area contributed by atoms with E-state index in [4.69, 9.17) is 19.7 Å². The van der Waals surface area contributed by atoms with Crippen LogP contribution in [0.15, 0.2) is 48.5 Å². The topological polar surface area (TPSA) is 146 Å². The molecular formula is C28H34O10. The standard InChI is InChI=1S/C28H34O10/c29-17-9-1-3-11-19-35-25(31)21-13-5-7-15-23(21)27(33)37-38-28(34)24-16-8-6-14-22(24)26(32)36-20-12-4-2-10-18-30/h5-8,13-16,29-30H,1-4,9-12,17-20H2. The van der Waals surface area contributed by atoms with Crippen LogP contribution in [0, 0.1) is 0 Å². The number of benzene rings is 2. The third kappa shape index (κ3) is 10.3. The van der Waals surface area contributed by atoms with Gasteiger partial charge in [-0.25, -0.2) is 29.0 Å². The van der Waals surface area contributed by atoms with Crippen LogP contribution in [-0.2, 0) is 19.2 Å². The Bertz CT molecular complexity index is 966. The molecule has 0 aliphatic rings. The largest absolute Gasteiger partial charge is 0.462 e. The molecular weight excluding hydrogens is 496 g/mol. The SMILES string of the molecule is O=C(OCCCCCCO)c1ccccc1C(=O)OOC(=O)c1ccccc1C(=O)OCCCCCCO. The Kier molecular flexibility index (Phi) is 14.2. The Labute approximate surface area is 221 Å². The van der Waals surface area contributed by atoms with Gasteiger partial charge in [0.15, 0.2) is 0 Å². The number of hydrogen-bond acceptors (Lipinski definition) is 10. The zero-order valence-corrected chi connectivity index (χ0v) is 21.3. The first kappa shape index (κ1) is 30.5. The Balaban J connectivity index is 1.93. The van der Waals surface area contributed by atoms with Crippen molar-refractivity contribution in [2.45, 2.75) is 51.4 Å². The lowest BCUT2D eigenvalue weighted by Gasteiger charge is -2.10. The van der Waals surface area contributed by atoms with Gasteiger partial charge in [-0.15, -0.1) is 0 Å². The molecule has 0 amide bonds. The van der Waals surface area contributed by atoms with Gasteiger partial charge in [-0.1, -0.05) is 37.1 Å². The molecule has 0 bridgehead atoms. The van der Waals surface area contributed by atoms with E-state index in [1.807, 2.05) is 0 Å². The number of carbonyl (C=O) groups is 4. The maximum Gasteiger partial charge on any atom is 0.387 e. The molecule has 0 saturated carbocycles. The van der Waals surface area contributed by atoms with Gasteiger partial charge in [-0.2, -0.15) is 0 Å². The molecule has 206 valence electrons. The van der Waals surface area contributed by atoms with Crippen molar-refractivity contribution < 1.29 is 48.6 Å². The highest BCUT2D eigenvalue weighted by Gasteiger charge is 2.24. The molecule has 0 saturated heterocycles. The van der Waals surface area contributed by atoms with Crippen LogP contribution in [0.1, 0.15) is 92.8 Å². The highest BCUT2D eigenvalue weighted by atomic mass is 17.2. The minimum absolute atomic E-state index is 0.0492. The predicted molar refractivity (Wildman–Crippen MR) is 135 cm³/mol. The maximum atomic E-state index is 12.6. The fraction of sp³-hybridized carbons (Fsp3) is 0.429. The number of rotatable bonds is 16. The van der Waals surface area contributed by atoms with Crippen molar-refractivity contribution in [3.05, 3.63) is 70.8 Å². The molecule has 0 atom stereocenters. The van der Waals surface area contributed by atoms with Crippen LogP contribution in [0.4, 0.5) is 0 Å². The van der Waals surface area contributed by atoms with Gasteiger partial charge in [0.2, 0.25) is 0 Å². The summed E-state index contributed by atoms with van der Waals surface area (Å²) >= 11 is 0. The zero-order chi connectivity index (χ0) is 27.6. The number of aliphatic hydroxyl groups excluding tert-OH is 2. The van der Waals surface area contributed by atoms with Crippen molar-refractivity contribution in [3.63, 3.8) is 0 Å². The third-order valence-corrected chi connectivity index (χ3v) is 5.50. The van der Waals surface area contributed by atoms with Gasteiger partial charge in [-0.05, 0) is 62.8 Å². The molecule has 0 unspecified atom stereocenters. The van der Waals surface area contributed by atoms with E-state index < -0.39 is 23.9 Å². The molecule has 0 aliphatic carbocycles. The first-order valence-electron chi connectivity index (χ1n) is 12.7. The summed E-state index contributed by atoms with van der Waals surface area (Å²) in [7, 11) is 0. The van der Waals surface area contributed by atoms with Crippen molar-refractivity contribution in [2.24, 2.45) is 0 Å². The lowest BCUT2D eigenvalue weighted by molar-refractivity contribution is -0.187. The summed E-state index contributed by atoms with van der Waals surface area (Å²) in [6.45, 7) is 0.529. The quantitative estimate of drug-likeness (QED) is 0.141. The summed E-state index contributed by atoms with van der Waals surface area (Å²) in [5.74, 6) is -3.63. The molecule has 0 aromatic heterocycles. The van der Waals surface area contributed by atoms with Crippen LogP contribution in [0.3, 0.4) is 0 Å². The molecule has 2 N–H and O–H groups in total. The maximum absolute atomic E-state index is 12.6. The van der Waals surface area contributed by atoms with Crippen molar-refractivity contribution >= 4 is 23.9 Å². The van der Waals surface area contributed by atoms with Gasteiger partial charge in [0.25, 0.3) is 0 Å². The number of carbonyl (C=O) groups excluding carboxylic acids is 4. The Hall–Kier alpha value is -3.76. The Morgan fingerprint density at radius 1 is 0.474 bits per heavy atom. The van der Waals surface area contributed by atoms with Gasteiger partial charge in [0.1, 0.15) is 0 Å². The van der Waals surface area contributed by atoms with Crippen LogP contribution in [0.5, 0.6) is 0 Å².